The van der Waals surface area contributed by atoms with Gasteiger partial charge in [-0.15, -0.1) is 0 Å². The van der Waals surface area contributed by atoms with Gasteiger partial charge >= 0.3 is 0 Å². The normalized spacial score (nSPS) is 12.2. The van der Waals surface area contributed by atoms with Gasteiger partial charge in [0.15, 0.2) is 11.6 Å². The molecule has 0 bridgehead atoms. The monoisotopic (exact) mass is 279 g/mol. The van der Waals surface area contributed by atoms with Crippen molar-refractivity contribution in [2.75, 3.05) is 0 Å². The van der Waals surface area contributed by atoms with Gasteiger partial charge in [0.25, 0.3) is 0 Å². The van der Waals surface area contributed by atoms with Crippen LogP contribution in [0.15, 0.2) is 42.5 Å². The van der Waals surface area contributed by atoms with Gasteiger partial charge in [0.2, 0.25) is 0 Å². The third-order valence-electron chi connectivity index (χ3n) is 2.88. The predicted octanol–water partition coefficient (Wildman–Crippen LogP) is 4.68. The summed E-state index contributed by atoms with van der Waals surface area (Å²) in [6, 6.07) is 11.8. The van der Waals surface area contributed by atoms with E-state index in [-0.39, 0.29) is 16.8 Å². The molecule has 100 valence electrons. The van der Waals surface area contributed by atoms with E-state index >= 15 is 0 Å². The summed E-state index contributed by atoms with van der Waals surface area (Å²) in [7, 11) is 0. The van der Waals surface area contributed by atoms with Gasteiger partial charge in [0, 0.05) is 11.6 Å². The molecular weight excluding hydrogens is 265 g/mol. The van der Waals surface area contributed by atoms with E-state index in [0.717, 1.165) is 0 Å². The maximum absolute atomic E-state index is 14.4. The van der Waals surface area contributed by atoms with Gasteiger partial charge < -0.3 is 10.5 Å². The molecule has 0 spiro atoms. The molecule has 2 rings (SSSR count). The first-order valence-electron chi connectivity index (χ1n) is 6.09. The van der Waals surface area contributed by atoms with Gasteiger partial charge in [-0.25, -0.2) is 4.39 Å². The van der Waals surface area contributed by atoms with Crippen molar-refractivity contribution in [3.05, 3.63) is 58.9 Å². The Bertz CT molecular complexity index is 560. The van der Waals surface area contributed by atoms with E-state index in [1.54, 1.807) is 24.3 Å². The number of rotatable bonds is 4. The standard InChI is InChI=1S/C15H15ClFNO/c1-2-13(18)11-8-9-12(16)15(14(11)17)19-10-6-4-3-5-7-10/h3-9,13H,2,18H2,1H3/t13-/m0/s1. The van der Waals surface area contributed by atoms with E-state index in [4.69, 9.17) is 22.1 Å². The van der Waals surface area contributed by atoms with Crippen molar-refractivity contribution >= 4 is 11.6 Å². The molecule has 19 heavy (non-hydrogen) atoms. The topological polar surface area (TPSA) is 35.2 Å². The fourth-order valence-electron chi connectivity index (χ4n) is 1.75. The fourth-order valence-corrected chi connectivity index (χ4v) is 1.94. The maximum atomic E-state index is 14.4. The van der Waals surface area contributed by atoms with Crippen LogP contribution in [0.1, 0.15) is 24.9 Å². The van der Waals surface area contributed by atoms with Gasteiger partial charge in [-0.1, -0.05) is 42.8 Å². The number of nitrogens with two attached hydrogens (primary N) is 1. The van der Waals surface area contributed by atoms with Crippen molar-refractivity contribution in [1.82, 2.24) is 0 Å². The van der Waals surface area contributed by atoms with Crippen LogP contribution in [0.5, 0.6) is 11.5 Å². The average molecular weight is 280 g/mol. The molecular formula is C15H15ClFNO. The summed E-state index contributed by atoms with van der Waals surface area (Å²) in [4.78, 5) is 0. The number of halogens is 2. The molecule has 0 radical (unpaired) electrons. The molecule has 4 heteroatoms. The molecule has 2 N–H and O–H groups in total. The van der Waals surface area contributed by atoms with Crippen LogP contribution in [0.4, 0.5) is 4.39 Å². The van der Waals surface area contributed by atoms with E-state index < -0.39 is 5.82 Å². The Morgan fingerprint density at radius 1 is 1.21 bits per heavy atom. The highest BCUT2D eigenvalue weighted by molar-refractivity contribution is 6.32. The Labute approximate surface area is 117 Å². The second kappa shape index (κ2) is 6.04. The van der Waals surface area contributed by atoms with Crippen LogP contribution in [-0.4, -0.2) is 0 Å². The molecule has 1 atom stereocenters. The lowest BCUT2D eigenvalue weighted by atomic mass is 10.0. The van der Waals surface area contributed by atoms with Crippen LogP contribution in [0, 0.1) is 5.82 Å². The Balaban J connectivity index is 2.39. The molecule has 0 saturated carbocycles. The molecule has 0 aliphatic carbocycles. The van der Waals surface area contributed by atoms with Crippen LogP contribution < -0.4 is 10.5 Å². The summed E-state index contributed by atoms with van der Waals surface area (Å²) < 4.78 is 19.9. The molecule has 0 fully saturated rings. The lowest BCUT2D eigenvalue weighted by Crippen LogP contribution is -2.11. The second-order valence-corrected chi connectivity index (χ2v) is 4.62. The number of hydrogen-bond acceptors (Lipinski definition) is 2. The summed E-state index contributed by atoms with van der Waals surface area (Å²) in [5.41, 5.74) is 6.28. The lowest BCUT2D eigenvalue weighted by molar-refractivity contribution is 0.434. The zero-order chi connectivity index (χ0) is 13.8. The van der Waals surface area contributed by atoms with Crippen LogP contribution in [0.25, 0.3) is 0 Å². The van der Waals surface area contributed by atoms with Gasteiger partial charge in [-0.05, 0) is 24.6 Å². The van der Waals surface area contributed by atoms with Gasteiger partial charge in [0.05, 0.1) is 5.02 Å². The predicted molar refractivity (Wildman–Crippen MR) is 75.1 cm³/mol. The van der Waals surface area contributed by atoms with Crippen LogP contribution in [0.3, 0.4) is 0 Å². The Morgan fingerprint density at radius 2 is 1.89 bits per heavy atom. The summed E-state index contributed by atoms with van der Waals surface area (Å²) in [5.74, 6) is 0.0606. The van der Waals surface area contributed by atoms with E-state index in [9.17, 15) is 4.39 Å². The van der Waals surface area contributed by atoms with E-state index in [1.807, 2.05) is 25.1 Å². The molecule has 0 unspecified atom stereocenters. The van der Waals surface area contributed by atoms with E-state index in [2.05, 4.69) is 0 Å². The van der Waals surface area contributed by atoms with Crippen molar-refractivity contribution in [2.24, 2.45) is 5.73 Å². The van der Waals surface area contributed by atoms with Crippen molar-refractivity contribution in [3.8, 4) is 11.5 Å². The molecule has 2 aromatic rings. The Kier molecular flexibility index (Phi) is 4.40. The minimum absolute atomic E-state index is 0.0225. The minimum Gasteiger partial charge on any atom is -0.453 e. The number of para-hydroxylation sites is 1. The van der Waals surface area contributed by atoms with E-state index in [1.165, 1.54) is 0 Å². The van der Waals surface area contributed by atoms with Gasteiger partial charge in [-0.2, -0.15) is 0 Å². The summed E-state index contributed by atoms with van der Waals surface area (Å²) >= 11 is 5.99. The van der Waals surface area contributed by atoms with Gasteiger partial charge in [-0.3, -0.25) is 0 Å². The quantitative estimate of drug-likeness (QED) is 0.882. The van der Waals surface area contributed by atoms with Crippen molar-refractivity contribution in [1.29, 1.82) is 0 Å². The highest BCUT2D eigenvalue weighted by atomic mass is 35.5. The third kappa shape index (κ3) is 3.06. The molecule has 2 aromatic carbocycles. The first kappa shape index (κ1) is 13.8. The molecule has 2 nitrogen and oxygen atoms in total. The first-order chi connectivity index (χ1) is 9.13. The summed E-state index contributed by atoms with van der Waals surface area (Å²) in [6.45, 7) is 1.90. The number of ether oxygens (including phenoxy) is 1. The second-order valence-electron chi connectivity index (χ2n) is 4.21. The first-order valence-corrected chi connectivity index (χ1v) is 6.47. The average Bonchev–Trinajstić information content (AvgIpc) is 2.44. The fraction of sp³-hybridized carbons (Fsp3) is 0.200. The molecule has 0 amide bonds. The molecule has 0 aliphatic rings. The molecule has 0 aromatic heterocycles. The Hall–Kier alpha value is -1.58. The summed E-state index contributed by atoms with van der Waals surface area (Å²) in [6.07, 6.45) is 0.642. The Morgan fingerprint density at radius 3 is 2.53 bits per heavy atom. The lowest BCUT2D eigenvalue weighted by Gasteiger charge is -2.15. The minimum atomic E-state index is -0.495. The van der Waals surface area contributed by atoms with Crippen molar-refractivity contribution < 1.29 is 9.13 Å². The largest absolute Gasteiger partial charge is 0.453 e. The molecule has 0 saturated heterocycles. The zero-order valence-electron chi connectivity index (χ0n) is 10.6. The van der Waals surface area contributed by atoms with Gasteiger partial charge in [0.1, 0.15) is 5.75 Å². The third-order valence-corrected chi connectivity index (χ3v) is 3.18. The molecule has 0 heterocycles. The maximum Gasteiger partial charge on any atom is 0.181 e. The van der Waals surface area contributed by atoms with Crippen molar-refractivity contribution in [2.45, 2.75) is 19.4 Å². The van der Waals surface area contributed by atoms with Crippen molar-refractivity contribution in [3.63, 3.8) is 0 Å². The van der Waals surface area contributed by atoms with E-state index in [0.29, 0.717) is 17.7 Å². The SMILES string of the molecule is CC[C@H](N)c1ccc(Cl)c(Oc2ccccc2)c1F. The smallest absolute Gasteiger partial charge is 0.181 e. The van der Waals surface area contributed by atoms with Crippen LogP contribution in [-0.2, 0) is 0 Å². The number of hydrogen-bond donors (Lipinski definition) is 1. The number of benzene rings is 2. The highest BCUT2D eigenvalue weighted by Gasteiger charge is 2.18. The zero-order valence-corrected chi connectivity index (χ0v) is 11.3. The van der Waals surface area contributed by atoms with Crippen LogP contribution in [0.2, 0.25) is 5.02 Å². The molecule has 0 aliphatic heterocycles. The van der Waals surface area contributed by atoms with Crippen LogP contribution >= 0.6 is 11.6 Å². The highest BCUT2D eigenvalue weighted by Crippen LogP contribution is 2.35. The summed E-state index contributed by atoms with van der Waals surface area (Å²) in [5, 5.41) is 0.230.